The molecule has 0 aliphatic rings. The van der Waals surface area contributed by atoms with Gasteiger partial charge in [0.2, 0.25) is 5.95 Å². The normalized spacial score (nSPS) is 11.0. The molecular weight excluding hydrogens is 565 g/mol. The Morgan fingerprint density at radius 2 is 1.60 bits per heavy atom. The lowest BCUT2D eigenvalue weighted by atomic mass is 10.1. The van der Waals surface area contributed by atoms with Crippen molar-refractivity contribution >= 4 is 46.6 Å². The number of carboxylic acids is 1. The summed E-state index contributed by atoms with van der Waals surface area (Å²) in [4.78, 5) is 68.5. The number of nitrogen functional groups attached to an aromatic ring is 2. The molecule has 0 saturated carbocycles. The van der Waals surface area contributed by atoms with Gasteiger partial charge >= 0.3 is 5.97 Å². The van der Waals surface area contributed by atoms with Crippen molar-refractivity contribution in [2.45, 2.75) is 20.0 Å². The largest absolute Gasteiger partial charge is 0.478 e. The first-order valence-corrected chi connectivity index (χ1v) is 12.5. The minimum atomic E-state index is -1.06. The van der Waals surface area contributed by atoms with Crippen LogP contribution in [0, 0.1) is 12.7 Å². The molecule has 0 unspecified atom stereocenters. The summed E-state index contributed by atoms with van der Waals surface area (Å²) in [6.07, 6.45) is 0. The van der Waals surface area contributed by atoms with Crippen LogP contribution in [0.5, 0.6) is 0 Å². The van der Waals surface area contributed by atoms with Crippen LogP contribution < -0.4 is 38.3 Å². The second-order valence-corrected chi connectivity index (χ2v) is 9.41. The quantitative estimate of drug-likeness (QED) is 0.130. The molecule has 0 spiro atoms. The molecule has 3 aromatic carbocycles. The van der Waals surface area contributed by atoms with Crippen LogP contribution in [-0.2, 0) is 13.1 Å². The highest BCUT2D eigenvalue weighted by Gasteiger charge is 2.21. The number of rotatable bonds is 9. The molecule has 0 aliphatic heterocycles. The number of anilines is 4. The smallest absolute Gasteiger partial charge is 0.335 e. The topological polar surface area (TPSA) is 237 Å². The Morgan fingerprint density at radius 3 is 2.28 bits per heavy atom. The van der Waals surface area contributed by atoms with Crippen molar-refractivity contribution in [3.63, 3.8) is 0 Å². The number of carbonyl (C=O) groups excluding carboxylic acids is 2. The van der Waals surface area contributed by atoms with Crippen LogP contribution in [0.2, 0.25) is 0 Å². The average Bonchev–Trinajstić information content (AvgIpc) is 3.37. The van der Waals surface area contributed by atoms with Crippen LogP contribution in [0.15, 0.2) is 52.1 Å². The molecule has 2 aromatic heterocycles. The van der Waals surface area contributed by atoms with Gasteiger partial charge < -0.3 is 32.5 Å². The van der Waals surface area contributed by atoms with Gasteiger partial charge in [-0.05, 0) is 41.8 Å². The minimum Gasteiger partial charge on any atom is -0.478 e. The maximum atomic E-state index is 14.3. The van der Waals surface area contributed by atoms with Crippen molar-refractivity contribution in [2.75, 3.05) is 16.8 Å². The number of fused-ring (bicyclic) bond motifs is 1. The molecule has 15 nitrogen and oxygen atoms in total. The first-order valence-electron chi connectivity index (χ1n) is 12.5. The zero-order valence-electron chi connectivity index (χ0n) is 22.3. The lowest BCUT2D eigenvalue weighted by Gasteiger charge is -2.13. The summed E-state index contributed by atoms with van der Waals surface area (Å²) in [5, 5.41) is 20.9. The lowest BCUT2D eigenvalue weighted by molar-refractivity contribution is 0.0695. The van der Waals surface area contributed by atoms with Crippen LogP contribution in [-0.4, -0.2) is 42.5 Å². The first-order chi connectivity index (χ1) is 20.4. The summed E-state index contributed by atoms with van der Waals surface area (Å²) >= 11 is 0. The van der Waals surface area contributed by atoms with Crippen LogP contribution in [0.1, 0.15) is 48.0 Å². The van der Waals surface area contributed by atoms with Crippen LogP contribution in [0.3, 0.4) is 0 Å². The van der Waals surface area contributed by atoms with E-state index < -0.39 is 34.5 Å². The predicted octanol–water partition coefficient (Wildman–Crippen LogP) is 0.634. The van der Waals surface area contributed by atoms with Crippen LogP contribution in [0.4, 0.5) is 27.4 Å². The number of nitrogens with two attached hydrogens (primary N) is 2. The number of amides is 2. The number of hydrogen-bond donors (Lipinski definition) is 6. The first kappa shape index (κ1) is 28.3. The molecule has 2 heterocycles. The van der Waals surface area contributed by atoms with Crippen LogP contribution in [0.25, 0.3) is 5.78 Å². The highest BCUT2D eigenvalue weighted by molar-refractivity contribution is 5.98. The Hall–Kier alpha value is -6.19. The molecule has 0 aliphatic carbocycles. The van der Waals surface area contributed by atoms with E-state index in [1.54, 1.807) is 19.1 Å². The Bertz CT molecular complexity index is 2030. The standard InChI is InChI=1S/C27H22FN9O6/c1-11-6-12(2-4-14(11)25(42)43)9-31-23(40)17-8-18(37-27(34-17)35-26(30)36-37)24(41)32-10-13-3-5-15(28)16(7-13)33-20-19(29)21(38)22(20)39/h2-8,33H,9-10,29H2,1H3,(H2,30,36)(H,31,40)(H,32,41)(H,42,43). The van der Waals surface area contributed by atoms with Crippen molar-refractivity contribution in [3.05, 3.63) is 102 Å². The van der Waals surface area contributed by atoms with Gasteiger partial charge in [-0.2, -0.15) is 9.50 Å². The number of carbonyl (C=O) groups is 3. The van der Waals surface area contributed by atoms with Crippen molar-refractivity contribution in [3.8, 4) is 0 Å². The molecule has 2 amide bonds. The van der Waals surface area contributed by atoms with E-state index in [0.29, 0.717) is 16.7 Å². The molecule has 5 rings (SSSR count). The predicted molar refractivity (Wildman–Crippen MR) is 151 cm³/mol. The number of nitrogens with zero attached hydrogens (tertiary/aromatic N) is 4. The number of aromatic carboxylic acids is 1. The van der Waals surface area contributed by atoms with E-state index in [9.17, 15) is 33.5 Å². The second-order valence-electron chi connectivity index (χ2n) is 9.41. The van der Waals surface area contributed by atoms with Gasteiger partial charge in [-0.1, -0.05) is 18.2 Å². The van der Waals surface area contributed by atoms with Crippen LogP contribution >= 0.6 is 0 Å². The van der Waals surface area contributed by atoms with Gasteiger partial charge in [0.15, 0.2) is 0 Å². The van der Waals surface area contributed by atoms with E-state index in [2.05, 4.69) is 31.0 Å². The monoisotopic (exact) mass is 587 g/mol. The number of carboxylic acid groups (broad SMARTS) is 1. The third-order valence-corrected chi connectivity index (χ3v) is 6.46. The Balaban J connectivity index is 1.32. The van der Waals surface area contributed by atoms with E-state index >= 15 is 0 Å². The lowest BCUT2D eigenvalue weighted by Crippen LogP contribution is -2.36. The van der Waals surface area contributed by atoms with Gasteiger partial charge in [-0.25, -0.2) is 14.2 Å². The molecule has 0 saturated heterocycles. The Morgan fingerprint density at radius 1 is 0.930 bits per heavy atom. The van der Waals surface area contributed by atoms with Gasteiger partial charge in [0.05, 0.1) is 11.3 Å². The molecule has 43 heavy (non-hydrogen) atoms. The fourth-order valence-corrected chi connectivity index (χ4v) is 4.23. The zero-order valence-corrected chi connectivity index (χ0v) is 22.3. The molecule has 0 radical (unpaired) electrons. The number of halogens is 1. The summed E-state index contributed by atoms with van der Waals surface area (Å²) in [5.41, 5.74) is 10.2. The van der Waals surface area contributed by atoms with E-state index in [1.165, 1.54) is 24.3 Å². The van der Waals surface area contributed by atoms with Gasteiger partial charge in [0.1, 0.15) is 28.6 Å². The maximum absolute atomic E-state index is 14.3. The third kappa shape index (κ3) is 5.56. The Labute approximate surface area is 240 Å². The van der Waals surface area contributed by atoms with Crippen molar-refractivity contribution in [1.82, 2.24) is 30.2 Å². The van der Waals surface area contributed by atoms with Gasteiger partial charge in [-0.3, -0.25) is 19.2 Å². The van der Waals surface area contributed by atoms with Gasteiger partial charge in [-0.15, -0.1) is 5.10 Å². The van der Waals surface area contributed by atoms with Crippen molar-refractivity contribution in [2.24, 2.45) is 0 Å². The number of aryl methyl sites for hydroxylation is 1. The van der Waals surface area contributed by atoms with E-state index in [0.717, 1.165) is 10.6 Å². The van der Waals surface area contributed by atoms with E-state index in [1.807, 2.05) is 0 Å². The maximum Gasteiger partial charge on any atom is 0.335 e. The summed E-state index contributed by atoms with van der Waals surface area (Å²) in [6, 6.07) is 9.65. The van der Waals surface area contributed by atoms with Crippen molar-refractivity contribution in [1.29, 1.82) is 0 Å². The highest BCUT2D eigenvalue weighted by atomic mass is 19.1. The number of benzene rings is 2. The van der Waals surface area contributed by atoms with Gasteiger partial charge in [0.25, 0.3) is 28.4 Å². The minimum absolute atomic E-state index is 0.0477. The molecule has 5 aromatic rings. The second kappa shape index (κ2) is 11.0. The van der Waals surface area contributed by atoms with E-state index in [-0.39, 0.29) is 58.8 Å². The summed E-state index contributed by atoms with van der Waals surface area (Å²) in [5.74, 6) is -3.44. The van der Waals surface area contributed by atoms with Crippen molar-refractivity contribution < 1.29 is 23.9 Å². The zero-order chi connectivity index (χ0) is 31.0. The average molecular weight is 588 g/mol. The molecule has 218 valence electrons. The molecule has 0 bridgehead atoms. The summed E-state index contributed by atoms with van der Waals surface area (Å²) in [6.45, 7) is 1.57. The summed E-state index contributed by atoms with van der Waals surface area (Å²) < 4.78 is 15.4. The van der Waals surface area contributed by atoms with Gasteiger partial charge in [0, 0.05) is 19.2 Å². The molecule has 8 N–H and O–H groups in total. The Kier molecular flexibility index (Phi) is 7.25. The molecule has 0 fully saturated rings. The molecule has 16 heteroatoms. The molecule has 0 atom stereocenters. The SMILES string of the molecule is Cc1cc(CNC(=O)c2cc(C(=O)NCc3ccc(F)c(Nc4c(N)c(=O)c4=O)c3)n3nc(N)nc3n2)ccc1C(=O)O. The third-order valence-electron chi connectivity index (χ3n) is 6.46. The number of hydrogen-bond acceptors (Lipinski definition) is 11. The highest BCUT2D eigenvalue weighted by Crippen LogP contribution is 2.22. The summed E-state index contributed by atoms with van der Waals surface area (Å²) in [7, 11) is 0. The fraction of sp³-hybridized carbons (Fsp3) is 0.111. The van der Waals surface area contributed by atoms with E-state index in [4.69, 9.17) is 11.5 Å². The number of aromatic nitrogens is 4. The number of nitrogens with one attached hydrogen (secondary N) is 3. The fourth-order valence-electron chi connectivity index (χ4n) is 4.23. The molecular formula is C27H22FN9O6.